The molecule has 0 atom stereocenters. The van der Waals surface area contributed by atoms with Gasteiger partial charge in [-0.2, -0.15) is 0 Å². The number of aryl methyl sites for hydroxylation is 1. The van der Waals surface area contributed by atoms with Crippen LogP contribution in [-0.2, 0) is 16.4 Å². The molecule has 0 aliphatic carbocycles. The summed E-state index contributed by atoms with van der Waals surface area (Å²) >= 11 is 0. The molecule has 0 saturated heterocycles. The molecule has 2 N–H and O–H groups in total. The molecule has 0 amide bonds. The van der Waals surface area contributed by atoms with Gasteiger partial charge >= 0.3 is 0 Å². The molecular weight excluding hydrogens is 274 g/mol. The second kappa shape index (κ2) is 5.50. The molecule has 1 heterocycles. The summed E-state index contributed by atoms with van der Waals surface area (Å²) in [6.45, 7) is 2.05. The first-order chi connectivity index (χ1) is 9.45. The first kappa shape index (κ1) is 14.3. The van der Waals surface area contributed by atoms with Crippen LogP contribution in [0, 0.1) is 0 Å². The monoisotopic (exact) mass is 291 g/mol. The Balaban J connectivity index is 2.37. The van der Waals surface area contributed by atoms with Gasteiger partial charge in [0.05, 0.1) is 10.6 Å². The summed E-state index contributed by atoms with van der Waals surface area (Å²) in [5.74, 6) is 0.181. The number of nitrogens with two attached hydrogens (primary N) is 1. The molecule has 5 nitrogen and oxygen atoms in total. The molecule has 0 saturated carbocycles. The van der Waals surface area contributed by atoms with Crippen LogP contribution < -0.4 is 10.0 Å². The number of sulfonamides is 1. The van der Waals surface area contributed by atoms with Crippen LogP contribution in [-0.4, -0.2) is 20.4 Å². The van der Waals surface area contributed by atoms with Crippen molar-refractivity contribution in [3.8, 4) is 0 Å². The van der Waals surface area contributed by atoms with E-state index >= 15 is 0 Å². The van der Waals surface area contributed by atoms with Gasteiger partial charge in [0.2, 0.25) is 0 Å². The second-order valence-corrected chi connectivity index (χ2v) is 6.38. The molecule has 20 heavy (non-hydrogen) atoms. The maximum Gasteiger partial charge on any atom is 0.264 e. The van der Waals surface area contributed by atoms with Crippen molar-refractivity contribution in [1.82, 2.24) is 4.98 Å². The maximum absolute atomic E-state index is 12.5. The molecule has 2 aromatic rings. The minimum absolute atomic E-state index is 0.132. The van der Waals surface area contributed by atoms with Crippen LogP contribution >= 0.6 is 0 Å². The number of nitrogens with zero attached hydrogens (tertiary/aromatic N) is 2. The molecule has 0 aliphatic rings. The Bertz CT molecular complexity index is 697. The zero-order valence-corrected chi connectivity index (χ0v) is 12.3. The molecule has 1 aromatic carbocycles. The number of rotatable bonds is 4. The minimum atomic E-state index is -3.62. The predicted octanol–water partition coefficient (Wildman–Crippen LogP) is 2.05. The third kappa shape index (κ3) is 2.75. The van der Waals surface area contributed by atoms with Crippen LogP contribution in [0.1, 0.15) is 12.5 Å². The van der Waals surface area contributed by atoms with Gasteiger partial charge in [0.1, 0.15) is 5.82 Å². The van der Waals surface area contributed by atoms with E-state index in [0.717, 1.165) is 12.0 Å². The molecule has 2 rings (SSSR count). The fourth-order valence-electron chi connectivity index (χ4n) is 1.83. The van der Waals surface area contributed by atoms with E-state index in [1.165, 1.54) is 29.7 Å². The van der Waals surface area contributed by atoms with Crippen LogP contribution in [0.15, 0.2) is 47.5 Å². The third-order valence-electron chi connectivity index (χ3n) is 3.12. The van der Waals surface area contributed by atoms with Gasteiger partial charge in [0, 0.05) is 19.3 Å². The Morgan fingerprint density at radius 2 is 1.85 bits per heavy atom. The van der Waals surface area contributed by atoms with E-state index < -0.39 is 10.0 Å². The lowest BCUT2D eigenvalue weighted by Crippen LogP contribution is -2.26. The number of anilines is 2. The highest BCUT2D eigenvalue weighted by molar-refractivity contribution is 7.92. The molecule has 6 heteroatoms. The van der Waals surface area contributed by atoms with Crippen molar-refractivity contribution >= 4 is 21.5 Å². The van der Waals surface area contributed by atoms with Gasteiger partial charge in [-0.1, -0.05) is 19.1 Å². The number of benzene rings is 1. The van der Waals surface area contributed by atoms with Crippen LogP contribution in [0.4, 0.5) is 11.5 Å². The molecule has 1 aromatic heterocycles. The van der Waals surface area contributed by atoms with Gasteiger partial charge in [-0.25, -0.2) is 13.4 Å². The average Bonchev–Trinajstić information content (AvgIpc) is 2.46. The summed E-state index contributed by atoms with van der Waals surface area (Å²) in [5, 5.41) is 0. The number of hydrogen-bond donors (Lipinski definition) is 1. The van der Waals surface area contributed by atoms with Crippen molar-refractivity contribution in [3.63, 3.8) is 0 Å². The molecule has 0 aliphatic heterocycles. The Kier molecular flexibility index (Phi) is 3.94. The number of pyridine rings is 1. The minimum Gasteiger partial charge on any atom is -0.384 e. The number of nitrogen functional groups attached to an aromatic ring is 1. The normalized spacial score (nSPS) is 11.3. The van der Waals surface area contributed by atoms with Gasteiger partial charge in [0.15, 0.2) is 0 Å². The molecule has 0 unspecified atom stereocenters. The van der Waals surface area contributed by atoms with E-state index in [9.17, 15) is 8.42 Å². The third-order valence-corrected chi connectivity index (χ3v) is 4.90. The summed E-state index contributed by atoms with van der Waals surface area (Å²) in [5.41, 5.74) is 7.31. The van der Waals surface area contributed by atoms with Gasteiger partial charge in [-0.15, -0.1) is 0 Å². The lowest BCUT2D eigenvalue weighted by molar-refractivity contribution is 0.594. The molecule has 0 bridgehead atoms. The van der Waals surface area contributed by atoms with Crippen molar-refractivity contribution in [3.05, 3.63) is 48.2 Å². The van der Waals surface area contributed by atoms with Crippen molar-refractivity contribution in [2.24, 2.45) is 0 Å². The second-order valence-electron chi connectivity index (χ2n) is 4.41. The van der Waals surface area contributed by atoms with Gasteiger partial charge < -0.3 is 5.73 Å². The molecule has 0 spiro atoms. The summed E-state index contributed by atoms with van der Waals surface area (Å²) in [6.07, 6.45) is 2.30. The van der Waals surface area contributed by atoms with Crippen LogP contribution in [0.5, 0.6) is 0 Å². The standard InChI is InChI=1S/C14H17N3O2S/c1-3-11-4-6-12(7-5-11)17(2)20(18,19)13-8-9-16-14(15)10-13/h4-10H,3H2,1-2H3,(H2,15,16). The quantitative estimate of drug-likeness (QED) is 0.935. The highest BCUT2D eigenvalue weighted by atomic mass is 32.2. The topological polar surface area (TPSA) is 76.3 Å². The van der Waals surface area contributed by atoms with Crippen molar-refractivity contribution < 1.29 is 8.42 Å². The first-order valence-electron chi connectivity index (χ1n) is 6.24. The van der Waals surface area contributed by atoms with Crippen LogP contribution in [0.2, 0.25) is 0 Å². The zero-order chi connectivity index (χ0) is 14.8. The Hall–Kier alpha value is -2.08. The van der Waals surface area contributed by atoms with E-state index in [1.54, 1.807) is 12.1 Å². The highest BCUT2D eigenvalue weighted by Crippen LogP contribution is 2.22. The summed E-state index contributed by atoms with van der Waals surface area (Å²) in [6, 6.07) is 10.2. The summed E-state index contributed by atoms with van der Waals surface area (Å²) in [7, 11) is -2.10. The highest BCUT2D eigenvalue weighted by Gasteiger charge is 2.21. The van der Waals surface area contributed by atoms with E-state index in [2.05, 4.69) is 11.9 Å². The number of hydrogen-bond acceptors (Lipinski definition) is 4. The smallest absolute Gasteiger partial charge is 0.264 e. The Morgan fingerprint density at radius 1 is 1.20 bits per heavy atom. The van der Waals surface area contributed by atoms with Gasteiger partial charge in [-0.3, -0.25) is 4.31 Å². The molecule has 0 radical (unpaired) electrons. The molecular formula is C14H17N3O2S. The van der Waals surface area contributed by atoms with Crippen LogP contribution in [0.3, 0.4) is 0 Å². The van der Waals surface area contributed by atoms with Gasteiger partial charge in [-0.05, 0) is 30.2 Å². The Labute approximate surface area is 119 Å². The average molecular weight is 291 g/mol. The zero-order valence-electron chi connectivity index (χ0n) is 11.4. The van der Waals surface area contributed by atoms with E-state index in [0.29, 0.717) is 5.69 Å². The SMILES string of the molecule is CCc1ccc(N(C)S(=O)(=O)c2ccnc(N)c2)cc1. The van der Waals surface area contributed by atoms with E-state index in [1.807, 2.05) is 12.1 Å². The fourth-order valence-corrected chi connectivity index (χ4v) is 3.04. The van der Waals surface area contributed by atoms with Crippen molar-refractivity contribution in [2.45, 2.75) is 18.2 Å². The van der Waals surface area contributed by atoms with Crippen molar-refractivity contribution in [1.29, 1.82) is 0 Å². The predicted molar refractivity (Wildman–Crippen MR) is 80.1 cm³/mol. The molecule has 106 valence electrons. The molecule has 0 fully saturated rings. The lowest BCUT2D eigenvalue weighted by Gasteiger charge is -2.19. The summed E-state index contributed by atoms with van der Waals surface area (Å²) in [4.78, 5) is 3.93. The summed E-state index contributed by atoms with van der Waals surface area (Å²) < 4.78 is 26.2. The van der Waals surface area contributed by atoms with Crippen LogP contribution in [0.25, 0.3) is 0 Å². The lowest BCUT2D eigenvalue weighted by atomic mass is 10.1. The maximum atomic E-state index is 12.5. The van der Waals surface area contributed by atoms with Gasteiger partial charge in [0.25, 0.3) is 10.0 Å². The van der Waals surface area contributed by atoms with Crippen molar-refractivity contribution in [2.75, 3.05) is 17.1 Å². The van der Waals surface area contributed by atoms with E-state index in [-0.39, 0.29) is 10.7 Å². The Morgan fingerprint density at radius 3 is 2.40 bits per heavy atom. The first-order valence-corrected chi connectivity index (χ1v) is 7.68. The number of aromatic nitrogens is 1. The largest absolute Gasteiger partial charge is 0.384 e. The fraction of sp³-hybridized carbons (Fsp3) is 0.214. The van der Waals surface area contributed by atoms with E-state index in [4.69, 9.17) is 5.73 Å².